The number of morpholine rings is 1. The molecule has 9 heteroatoms. The maximum atomic E-state index is 12.2. The van der Waals surface area contributed by atoms with Gasteiger partial charge < -0.3 is 15.4 Å². The van der Waals surface area contributed by atoms with Crippen molar-refractivity contribution in [3.8, 4) is 0 Å². The summed E-state index contributed by atoms with van der Waals surface area (Å²) in [5, 5.41) is 6.44. The lowest BCUT2D eigenvalue weighted by Gasteiger charge is -2.26. The van der Waals surface area contributed by atoms with Gasteiger partial charge in [0.05, 0.1) is 24.7 Å². The van der Waals surface area contributed by atoms with Crippen LogP contribution in [-0.4, -0.2) is 78.0 Å². The lowest BCUT2D eigenvalue weighted by molar-refractivity contribution is 0.0389. The molecule has 0 aromatic heterocycles. The van der Waals surface area contributed by atoms with Crippen LogP contribution >= 0.6 is 24.0 Å². The molecule has 2 rings (SSSR count). The van der Waals surface area contributed by atoms with E-state index in [1.54, 1.807) is 7.05 Å². The fourth-order valence-corrected chi connectivity index (χ4v) is 4.21. The number of sulfone groups is 1. The van der Waals surface area contributed by atoms with Crippen LogP contribution in [0.15, 0.2) is 35.3 Å². The lowest BCUT2D eigenvalue weighted by atomic mass is 10.2. The van der Waals surface area contributed by atoms with Crippen molar-refractivity contribution >= 4 is 39.8 Å². The van der Waals surface area contributed by atoms with Crippen LogP contribution in [0, 0.1) is 0 Å². The molecule has 1 heterocycles. The zero-order valence-electron chi connectivity index (χ0n) is 15.9. The number of guanidine groups is 1. The predicted octanol–water partition coefficient (Wildman–Crippen LogP) is 1.11. The first-order valence-corrected chi connectivity index (χ1v) is 10.9. The van der Waals surface area contributed by atoms with Crippen LogP contribution < -0.4 is 10.6 Å². The molecule has 1 fully saturated rings. The van der Waals surface area contributed by atoms with Gasteiger partial charge in [-0.3, -0.25) is 9.89 Å². The van der Waals surface area contributed by atoms with Gasteiger partial charge >= 0.3 is 0 Å². The van der Waals surface area contributed by atoms with E-state index in [1.807, 2.05) is 30.3 Å². The minimum absolute atomic E-state index is 0. The Hall–Kier alpha value is -0.910. The topological polar surface area (TPSA) is 83.0 Å². The fraction of sp³-hybridized carbons (Fsp3) is 0.611. The normalized spacial score (nSPS) is 15.8. The van der Waals surface area contributed by atoms with Crippen LogP contribution in [0.4, 0.5) is 0 Å². The molecule has 0 atom stereocenters. The van der Waals surface area contributed by atoms with Gasteiger partial charge in [-0.25, -0.2) is 8.42 Å². The van der Waals surface area contributed by atoms with Gasteiger partial charge in [0.2, 0.25) is 0 Å². The molecule has 1 aromatic rings. The molecule has 0 spiro atoms. The first-order chi connectivity index (χ1) is 12.6. The number of hydrogen-bond donors (Lipinski definition) is 2. The predicted molar refractivity (Wildman–Crippen MR) is 121 cm³/mol. The Balaban J connectivity index is 0.00000364. The van der Waals surface area contributed by atoms with E-state index in [0.29, 0.717) is 18.9 Å². The average Bonchev–Trinajstić information content (AvgIpc) is 2.65. The van der Waals surface area contributed by atoms with Crippen LogP contribution in [0.25, 0.3) is 0 Å². The van der Waals surface area contributed by atoms with E-state index < -0.39 is 9.84 Å². The van der Waals surface area contributed by atoms with Gasteiger partial charge in [-0.1, -0.05) is 30.3 Å². The number of rotatable bonds is 9. The van der Waals surface area contributed by atoms with Crippen LogP contribution in [0.2, 0.25) is 0 Å². The van der Waals surface area contributed by atoms with Crippen molar-refractivity contribution in [1.82, 2.24) is 15.5 Å². The number of nitrogens with zero attached hydrogens (tertiary/aromatic N) is 2. The Morgan fingerprint density at radius 2 is 1.81 bits per heavy atom. The summed E-state index contributed by atoms with van der Waals surface area (Å²) in [4.78, 5) is 6.52. The lowest BCUT2D eigenvalue weighted by Crippen LogP contribution is -2.44. The van der Waals surface area contributed by atoms with Crippen molar-refractivity contribution in [2.75, 3.05) is 58.7 Å². The van der Waals surface area contributed by atoms with Gasteiger partial charge in [-0.2, -0.15) is 0 Å². The van der Waals surface area contributed by atoms with E-state index in [1.165, 1.54) is 0 Å². The van der Waals surface area contributed by atoms with Gasteiger partial charge in [0.25, 0.3) is 0 Å². The van der Waals surface area contributed by atoms with Gasteiger partial charge in [-0.15, -0.1) is 24.0 Å². The average molecular weight is 510 g/mol. The highest BCUT2D eigenvalue weighted by molar-refractivity contribution is 14.0. The highest BCUT2D eigenvalue weighted by Gasteiger charge is 2.12. The first kappa shape index (κ1) is 24.1. The summed E-state index contributed by atoms with van der Waals surface area (Å²) in [7, 11) is -1.37. The molecule has 0 saturated carbocycles. The van der Waals surface area contributed by atoms with Gasteiger partial charge in [0.15, 0.2) is 15.8 Å². The third kappa shape index (κ3) is 10.3. The molecular formula is C18H31IN4O3S. The quantitative estimate of drug-likeness (QED) is 0.224. The van der Waals surface area contributed by atoms with E-state index >= 15 is 0 Å². The van der Waals surface area contributed by atoms with Crippen LogP contribution in [0.5, 0.6) is 0 Å². The van der Waals surface area contributed by atoms with Crippen LogP contribution in [0.3, 0.4) is 0 Å². The molecular weight excluding hydrogens is 479 g/mol. The highest BCUT2D eigenvalue weighted by Crippen LogP contribution is 2.06. The molecule has 7 nitrogen and oxygen atoms in total. The fourth-order valence-electron chi connectivity index (χ4n) is 2.78. The first-order valence-electron chi connectivity index (χ1n) is 9.08. The maximum Gasteiger partial charge on any atom is 0.191 e. The van der Waals surface area contributed by atoms with Crippen molar-refractivity contribution in [2.45, 2.75) is 12.2 Å². The number of hydrogen-bond acceptors (Lipinski definition) is 5. The largest absolute Gasteiger partial charge is 0.379 e. The second kappa shape index (κ2) is 13.3. The SMILES string of the molecule is CN=C(NCCCS(=O)(=O)Cc1ccccc1)NCCN1CCOCC1.I. The van der Waals surface area contributed by atoms with Crippen molar-refractivity contribution < 1.29 is 13.2 Å². The molecule has 2 N–H and O–H groups in total. The Labute approximate surface area is 179 Å². The van der Waals surface area contributed by atoms with Crippen LogP contribution in [-0.2, 0) is 20.3 Å². The van der Waals surface area contributed by atoms with Gasteiger partial charge in [0.1, 0.15) is 0 Å². The zero-order valence-corrected chi connectivity index (χ0v) is 19.0. The molecule has 1 aliphatic rings. The smallest absolute Gasteiger partial charge is 0.191 e. The van der Waals surface area contributed by atoms with E-state index in [9.17, 15) is 8.42 Å². The summed E-state index contributed by atoms with van der Waals surface area (Å²) in [5.74, 6) is 0.971. The standard InChI is InChI=1S/C18H30N4O3S.HI/c1-19-18(21-9-10-22-11-13-25-14-12-22)20-8-5-15-26(23,24)16-17-6-3-2-4-7-17;/h2-4,6-7H,5,8-16H2,1H3,(H2,19,20,21);1H. The number of ether oxygens (including phenoxy) is 1. The molecule has 0 radical (unpaired) electrons. The van der Waals surface area contributed by atoms with Crippen molar-refractivity contribution in [2.24, 2.45) is 4.99 Å². The third-order valence-electron chi connectivity index (χ3n) is 4.20. The highest BCUT2D eigenvalue weighted by atomic mass is 127. The Morgan fingerprint density at radius 1 is 1.15 bits per heavy atom. The molecule has 0 amide bonds. The van der Waals surface area contributed by atoms with Crippen LogP contribution in [0.1, 0.15) is 12.0 Å². The molecule has 0 unspecified atom stereocenters. The summed E-state index contributed by atoms with van der Waals surface area (Å²) in [6, 6.07) is 9.29. The Bertz CT molecular complexity index is 650. The van der Waals surface area contributed by atoms with Crippen molar-refractivity contribution in [3.05, 3.63) is 35.9 Å². The second-order valence-corrected chi connectivity index (χ2v) is 8.50. The van der Waals surface area contributed by atoms with E-state index in [4.69, 9.17) is 4.74 Å². The Morgan fingerprint density at radius 3 is 2.48 bits per heavy atom. The molecule has 154 valence electrons. The summed E-state index contributed by atoms with van der Waals surface area (Å²) in [5.41, 5.74) is 0.834. The van der Waals surface area contributed by atoms with E-state index in [-0.39, 0.29) is 35.5 Å². The molecule has 27 heavy (non-hydrogen) atoms. The van der Waals surface area contributed by atoms with E-state index in [0.717, 1.165) is 45.0 Å². The number of aliphatic imine (C=N–C) groups is 1. The minimum Gasteiger partial charge on any atom is -0.379 e. The maximum absolute atomic E-state index is 12.2. The summed E-state index contributed by atoms with van der Waals surface area (Å²) in [6.07, 6.45) is 0.555. The summed E-state index contributed by atoms with van der Waals surface area (Å²) in [6.45, 7) is 5.83. The number of nitrogens with one attached hydrogen (secondary N) is 2. The number of benzene rings is 1. The van der Waals surface area contributed by atoms with E-state index in [2.05, 4.69) is 20.5 Å². The monoisotopic (exact) mass is 510 g/mol. The minimum atomic E-state index is -3.09. The zero-order chi connectivity index (χ0) is 18.7. The number of halogens is 1. The Kier molecular flexibility index (Phi) is 11.9. The second-order valence-electron chi connectivity index (χ2n) is 6.31. The summed E-state index contributed by atoms with van der Waals surface area (Å²) < 4.78 is 29.7. The van der Waals surface area contributed by atoms with Crippen molar-refractivity contribution in [3.63, 3.8) is 0 Å². The molecule has 0 aliphatic carbocycles. The van der Waals surface area contributed by atoms with Crippen molar-refractivity contribution in [1.29, 1.82) is 0 Å². The van der Waals surface area contributed by atoms with Gasteiger partial charge in [-0.05, 0) is 12.0 Å². The molecule has 1 aromatic carbocycles. The van der Waals surface area contributed by atoms with Gasteiger partial charge in [0, 0.05) is 39.8 Å². The summed E-state index contributed by atoms with van der Waals surface area (Å²) >= 11 is 0. The third-order valence-corrected chi connectivity index (χ3v) is 5.89. The molecule has 1 saturated heterocycles. The molecule has 0 bridgehead atoms. The molecule has 1 aliphatic heterocycles.